The average Bonchev–Trinajstić information content (AvgIpc) is 3.25. The number of piperidine rings is 1. The van der Waals surface area contributed by atoms with Gasteiger partial charge in [0.2, 0.25) is 0 Å². The zero-order chi connectivity index (χ0) is 19.1. The van der Waals surface area contributed by atoms with Gasteiger partial charge < -0.3 is 19.7 Å². The maximum atomic E-state index is 12.0. The summed E-state index contributed by atoms with van der Waals surface area (Å²) in [5, 5.41) is 3.66. The zero-order valence-corrected chi connectivity index (χ0v) is 19.8. The van der Waals surface area contributed by atoms with Crippen molar-refractivity contribution in [3.8, 4) is 0 Å². The van der Waals surface area contributed by atoms with Gasteiger partial charge >= 0.3 is 5.97 Å². The Morgan fingerprint density at radius 3 is 2.39 bits per heavy atom. The van der Waals surface area contributed by atoms with Crippen LogP contribution in [0.2, 0.25) is 0 Å². The monoisotopic (exact) mass is 508 g/mol. The van der Waals surface area contributed by atoms with Crippen LogP contribution in [0, 0.1) is 5.92 Å². The summed E-state index contributed by atoms with van der Waals surface area (Å²) in [7, 11) is 1.85. The predicted octanol–water partition coefficient (Wildman–Crippen LogP) is 2.10. The number of guanidine groups is 1. The van der Waals surface area contributed by atoms with Crippen LogP contribution < -0.4 is 5.32 Å². The standard InChI is InChI=1S/C20H36N4O3.HI/c1-3-27-18(25)17-6-12-23(13-7-17)19(21-2)22-16-20(8-14-26-15-9-20)24-10-4-5-11-24;/h17H,3-16H2,1-2H3,(H,21,22);1H. The number of carbonyl (C=O) groups excluding carboxylic acids is 1. The van der Waals surface area contributed by atoms with Crippen molar-refractivity contribution in [2.24, 2.45) is 10.9 Å². The van der Waals surface area contributed by atoms with E-state index in [-0.39, 0.29) is 41.4 Å². The van der Waals surface area contributed by atoms with E-state index in [2.05, 4.69) is 20.1 Å². The minimum Gasteiger partial charge on any atom is -0.466 e. The van der Waals surface area contributed by atoms with Gasteiger partial charge in [0, 0.05) is 45.4 Å². The summed E-state index contributed by atoms with van der Waals surface area (Å²) < 4.78 is 10.8. The van der Waals surface area contributed by atoms with Gasteiger partial charge in [0.05, 0.1) is 12.5 Å². The summed E-state index contributed by atoms with van der Waals surface area (Å²) in [5.74, 6) is 0.948. The Morgan fingerprint density at radius 2 is 1.82 bits per heavy atom. The molecule has 0 aromatic heterocycles. The molecule has 0 saturated carbocycles. The van der Waals surface area contributed by atoms with E-state index in [0.717, 1.165) is 64.5 Å². The highest BCUT2D eigenvalue weighted by Gasteiger charge is 2.40. The van der Waals surface area contributed by atoms with E-state index < -0.39 is 0 Å². The lowest BCUT2D eigenvalue weighted by molar-refractivity contribution is -0.149. The van der Waals surface area contributed by atoms with Gasteiger partial charge in [-0.2, -0.15) is 0 Å². The lowest BCUT2D eigenvalue weighted by Crippen LogP contribution is -2.59. The number of likely N-dealkylation sites (tertiary alicyclic amines) is 2. The molecule has 0 aromatic carbocycles. The maximum Gasteiger partial charge on any atom is 0.309 e. The van der Waals surface area contributed by atoms with E-state index in [9.17, 15) is 4.79 Å². The second-order valence-electron chi connectivity index (χ2n) is 7.95. The number of ether oxygens (including phenoxy) is 2. The highest BCUT2D eigenvalue weighted by molar-refractivity contribution is 14.0. The molecule has 0 unspecified atom stereocenters. The first-order chi connectivity index (χ1) is 13.2. The molecule has 0 atom stereocenters. The average molecular weight is 508 g/mol. The third-order valence-electron chi connectivity index (χ3n) is 6.40. The first-order valence-electron chi connectivity index (χ1n) is 10.6. The van der Waals surface area contributed by atoms with Crippen molar-refractivity contribution in [2.45, 2.75) is 51.0 Å². The van der Waals surface area contributed by atoms with E-state index in [1.807, 2.05) is 14.0 Å². The molecule has 0 aromatic rings. The Bertz CT molecular complexity index is 512. The molecule has 3 aliphatic heterocycles. The molecule has 8 heteroatoms. The van der Waals surface area contributed by atoms with Crippen LogP contribution in [0.3, 0.4) is 0 Å². The Kier molecular flexibility index (Phi) is 9.76. The molecule has 162 valence electrons. The molecule has 3 rings (SSSR count). The summed E-state index contributed by atoms with van der Waals surface area (Å²) in [6.07, 6.45) is 6.45. The van der Waals surface area contributed by atoms with Gasteiger partial charge in [-0.25, -0.2) is 0 Å². The fraction of sp³-hybridized carbons (Fsp3) is 0.900. The van der Waals surface area contributed by atoms with Gasteiger partial charge in [-0.1, -0.05) is 0 Å². The maximum absolute atomic E-state index is 12.0. The molecule has 3 heterocycles. The normalized spacial score (nSPS) is 23.9. The number of hydrogen-bond acceptors (Lipinski definition) is 5. The molecule has 3 saturated heterocycles. The van der Waals surface area contributed by atoms with Crippen LogP contribution in [-0.4, -0.2) is 86.9 Å². The number of nitrogens with zero attached hydrogens (tertiary/aromatic N) is 3. The van der Waals surface area contributed by atoms with Gasteiger partial charge in [-0.05, 0) is 58.5 Å². The van der Waals surface area contributed by atoms with Gasteiger partial charge in [0.25, 0.3) is 0 Å². The second-order valence-corrected chi connectivity index (χ2v) is 7.95. The van der Waals surface area contributed by atoms with Crippen LogP contribution in [-0.2, 0) is 14.3 Å². The van der Waals surface area contributed by atoms with Gasteiger partial charge in [0.1, 0.15) is 0 Å². The molecule has 0 aliphatic carbocycles. The van der Waals surface area contributed by atoms with Crippen LogP contribution in [0.25, 0.3) is 0 Å². The van der Waals surface area contributed by atoms with Crippen molar-refractivity contribution in [1.82, 2.24) is 15.1 Å². The lowest BCUT2D eigenvalue weighted by atomic mass is 9.88. The first-order valence-corrected chi connectivity index (χ1v) is 10.6. The summed E-state index contributed by atoms with van der Waals surface area (Å²) in [5.41, 5.74) is 0.188. The van der Waals surface area contributed by atoms with Crippen LogP contribution >= 0.6 is 24.0 Å². The van der Waals surface area contributed by atoms with E-state index in [4.69, 9.17) is 9.47 Å². The van der Waals surface area contributed by atoms with Crippen molar-refractivity contribution in [2.75, 3.05) is 59.6 Å². The minimum atomic E-state index is -0.0460. The fourth-order valence-electron chi connectivity index (χ4n) is 4.71. The third-order valence-corrected chi connectivity index (χ3v) is 6.40. The smallest absolute Gasteiger partial charge is 0.309 e. The van der Waals surface area contributed by atoms with Crippen molar-refractivity contribution < 1.29 is 14.3 Å². The summed E-state index contributed by atoms with van der Waals surface area (Å²) in [6, 6.07) is 0. The minimum absolute atomic E-state index is 0. The Labute approximate surface area is 186 Å². The number of aliphatic imine (C=N–C) groups is 1. The fourth-order valence-corrected chi connectivity index (χ4v) is 4.71. The number of hydrogen-bond donors (Lipinski definition) is 1. The predicted molar refractivity (Wildman–Crippen MR) is 121 cm³/mol. The molecule has 0 spiro atoms. The van der Waals surface area contributed by atoms with Crippen LogP contribution in [0.4, 0.5) is 0 Å². The molecular formula is C20H37IN4O3. The second kappa shape index (κ2) is 11.5. The Balaban J connectivity index is 0.00000280. The van der Waals surface area contributed by atoms with Crippen LogP contribution in [0.1, 0.15) is 45.4 Å². The number of esters is 1. The zero-order valence-electron chi connectivity index (χ0n) is 17.5. The molecule has 1 N–H and O–H groups in total. The number of rotatable bonds is 5. The van der Waals surface area contributed by atoms with E-state index in [1.165, 1.54) is 25.9 Å². The van der Waals surface area contributed by atoms with Crippen molar-refractivity contribution in [3.05, 3.63) is 0 Å². The summed E-state index contributed by atoms with van der Waals surface area (Å²) in [4.78, 5) is 21.4. The molecule has 3 fully saturated rings. The highest BCUT2D eigenvalue weighted by atomic mass is 127. The molecule has 0 radical (unpaired) electrons. The molecular weight excluding hydrogens is 471 g/mol. The Morgan fingerprint density at radius 1 is 1.18 bits per heavy atom. The molecule has 28 heavy (non-hydrogen) atoms. The van der Waals surface area contributed by atoms with Gasteiger partial charge in [-0.15, -0.1) is 24.0 Å². The molecule has 0 amide bonds. The van der Waals surface area contributed by atoms with Crippen molar-refractivity contribution in [1.29, 1.82) is 0 Å². The molecule has 7 nitrogen and oxygen atoms in total. The van der Waals surface area contributed by atoms with Gasteiger partial charge in [0.15, 0.2) is 5.96 Å². The first kappa shape index (κ1) is 23.7. The SMILES string of the molecule is CCOC(=O)C1CCN(C(=NC)NCC2(N3CCCC3)CCOCC2)CC1.I. The van der Waals surface area contributed by atoms with E-state index in [0.29, 0.717) is 6.61 Å². The van der Waals surface area contributed by atoms with Crippen LogP contribution in [0.5, 0.6) is 0 Å². The topological polar surface area (TPSA) is 66.4 Å². The number of nitrogens with one attached hydrogen (secondary N) is 1. The van der Waals surface area contributed by atoms with Crippen molar-refractivity contribution >= 4 is 35.9 Å². The summed E-state index contributed by atoms with van der Waals surface area (Å²) in [6.45, 7) is 9.04. The molecule has 3 aliphatic rings. The summed E-state index contributed by atoms with van der Waals surface area (Å²) >= 11 is 0. The van der Waals surface area contributed by atoms with E-state index >= 15 is 0 Å². The molecule has 0 bridgehead atoms. The largest absolute Gasteiger partial charge is 0.466 e. The highest BCUT2D eigenvalue weighted by Crippen LogP contribution is 2.31. The van der Waals surface area contributed by atoms with Gasteiger partial charge in [-0.3, -0.25) is 14.7 Å². The van der Waals surface area contributed by atoms with E-state index in [1.54, 1.807) is 0 Å². The van der Waals surface area contributed by atoms with Crippen LogP contribution in [0.15, 0.2) is 4.99 Å². The third kappa shape index (κ3) is 5.72. The lowest BCUT2D eigenvalue weighted by Gasteiger charge is -2.45. The van der Waals surface area contributed by atoms with Crippen molar-refractivity contribution in [3.63, 3.8) is 0 Å². The number of halogens is 1. The quantitative estimate of drug-likeness (QED) is 0.266. The number of carbonyl (C=O) groups is 1. The Hall–Kier alpha value is -0.610.